The van der Waals surface area contributed by atoms with Crippen LogP contribution in [0.1, 0.15) is 10.4 Å². The zero-order chi connectivity index (χ0) is 16.8. The lowest BCUT2D eigenvalue weighted by molar-refractivity contribution is 0.0903. The number of hydrogen-bond donors (Lipinski definition) is 2. The Bertz CT molecular complexity index is 708. The van der Waals surface area contributed by atoms with Gasteiger partial charge in [0, 0.05) is 44.2 Å². The minimum absolute atomic E-state index is 0.0790. The molecule has 0 radical (unpaired) electrons. The summed E-state index contributed by atoms with van der Waals surface area (Å²) in [6.07, 6.45) is 0.771. The van der Waals surface area contributed by atoms with Crippen molar-refractivity contribution in [3.8, 4) is 0 Å². The van der Waals surface area contributed by atoms with Gasteiger partial charge in [-0.3, -0.25) is 9.59 Å². The van der Waals surface area contributed by atoms with Crippen LogP contribution in [0, 0.1) is 0 Å². The number of benzene rings is 1. The number of anilines is 1. The summed E-state index contributed by atoms with van der Waals surface area (Å²) >= 11 is 0. The van der Waals surface area contributed by atoms with Gasteiger partial charge in [0.1, 0.15) is 0 Å². The van der Waals surface area contributed by atoms with Crippen LogP contribution in [-0.4, -0.2) is 42.3 Å². The van der Waals surface area contributed by atoms with E-state index in [1.54, 1.807) is 30.5 Å². The van der Waals surface area contributed by atoms with E-state index >= 15 is 0 Å². The number of aliphatic hydroxyl groups is 1. The Kier molecular flexibility index (Phi) is 5.54. The van der Waals surface area contributed by atoms with Crippen molar-refractivity contribution in [2.45, 2.75) is 12.6 Å². The van der Waals surface area contributed by atoms with Crippen molar-refractivity contribution < 1.29 is 9.90 Å². The highest BCUT2D eigenvalue weighted by Crippen LogP contribution is 2.12. The van der Waals surface area contributed by atoms with E-state index in [1.165, 1.54) is 10.6 Å². The lowest BCUT2D eigenvalue weighted by Gasteiger charge is -2.14. The largest absolute Gasteiger partial charge is 0.389 e. The number of hydrogen-bond acceptors (Lipinski definition) is 4. The molecule has 2 aromatic rings. The van der Waals surface area contributed by atoms with Crippen LogP contribution in [0.15, 0.2) is 53.5 Å². The molecule has 0 spiro atoms. The van der Waals surface area contributed by atoms with Gasteiger partial charge in [0.15, 0.2) is 0 Å². The van der Waals surface area contributed by atoms with E-state index in [0.29, 0.717) is 5.56 Å². The lowest BCUT2D eigenvalue weighted by atomic mass is 10.2. The summed E-state index contributed by atoms with van der Waals surface area (Å²) in [7, 11) is 3.86. The number of aliphatic hydroxyl groups excluding tert-OH is 1. The highest BCUT2D eigenvalue weighted by atomic mass is 16.3. The first-order valence-electron chi connectivity index (χ1n) is 7.36. The number of aromatic nitrogens is 1. The van der Waals surface area contributed by atoms with Gasteiger partial charge in [-0.1, -0.05) is 6.07 Å². The Labute approximate surface area is 135 Å². The fourth-order valence-corrected chi connectivity index (χ4v) is 2.13. The second-order valence-electron chi connectivity index (χ2n) is 5.50. The van der Waals surface area contributed by atoms with Gasteiger partial charge in [-0.15, -0.1) is 0 Å². The normalized spacial score (nSPS) is 11.8. The van der Waals surface area contributed by atoms with Crippen LogP contribution < -0.4 is 15.8 Å². The zero-order valence-electron chi connectivity index (χ0n) is 13.3. The van der Waals surface area contributed by atoms with Gasteiger partial charge >= 0.3 is 0 Å². The average molecular weight is 315 g/mol. The van der Waals surface area contributed by atoms with Crippen LogP contribution in [0.3, 0.4) is 0 Å². The van der Waals surface area contributed by atoms with E-state index < -0.39 is 6.10 Å². The van der Waals surface area contributed by atoms with E-state index in [1.807, 2.05) is 31.1 Å². The predicted molar refractivity (Wildman–Crippen MR) is 89.8 cm³/mol. The van der Waals surface area contributed by atoms with E-state index in [4.69, 9.17) is 0 Å². The molecule has 1 aromatic heterocycles. The Morgan fingerprint density at radius 2 is 1.91 bits per heavy atom. The van der Waals surface area contributed by atoms with Crippen molar-refractivity contribution in [3.05, 3.63) is 64.6 Å². The van der Waals surface area contributed by atoms with Crippen LogP contribution in [-0.2, 0) is 6.54 Å². The van der Waals surface area contributed by atoms with Crippen LogP contribution in [0.4, 0.5) is 5.69 Å². The topological polar surface area (TPSA) is 74.6 Å². The van der Waals surface area contributed by atoms with Gasteiger partial charge in [0.25, 0.3) is 11.5 Å². The molecule has 0 aliphatic heterocycles. The second-order valence-corrected chi connectivity index (χ2v) is 5.50. The summed E-state index contributed by atoms with van der Waals surface area (Å²) in [5.41, 5.74) is 1.35. The molecule has 2 rings (SSSR count). The number of carbonyl (C=O) groups excluding carboxylic acids is 1. The molecule has 6 heteroatoms. The van der Waals surface area contributed by atoms with Crippen molar-refractivity contribution >= 4 is 11.6 Å². The first kappa shape index (κ1) is 16.8. The fraction of sp³-hybridized carbons (Fsp3) is 0.294. The molecule has 23 heavy (non-hydrogen) atoms. The van der Waals surface area contributed by atoms with Crippen molar-refractivity contribution in [2.75, 3.05) is 25.5 Å². The maximum absolute atomic E-state index is 12.0. The summed E-state index contributed by atoms with van der Waals surface area (Å²) in [6, 6.07) is 12.0. The number of amides is 1. The molecular formula is C17H21N3O3. The van der Waals surface area contributed by atoms with Crippen LogP contribution >= 0.6 is 0 Å². The van der Waals surface area contributed by atoms with Crippen molar-refractivity contribution in [2.24, 2.45) is 0 Å². The SMILES string of the molecule is CN(C)c1ccc(C(=O)NCC(O)Cn2ccccc2=O)cc1. The molecule has 2 N–H and O–H groups in total. The van der Waals surface area contributed by atoms with E-state index in [2.05, 4.69) is 5.32 Å². The number of carbonyl (C=O) groups is 1. The Morgan fingerprint density at radius 3 is 2.52 bits per heavy atom. The fourth-order valence-electron chi connectivity index (χ4n) is 2.13. The molecule has 0 saturated heterocycles. The van der Waals surface area contributed by atoms with Gasteiger partial charge in [-0.05, 0) is 30.3 Å². The molecule has 0 aliphatic rings. The molecule has 1 unspecified atom stereocenters. The molecule has 1 amide bonds. The summed E-state index contributed by atoms with van der Waals surface area (Å²) in [6.45, 7) is 0.217. The second kappa shape index (κ2) is 7.60. The molecule has 0 bridgehead atoms. The third-order valence-electron chi connectivity index (χ3n) is 3.45. The van der Waals surface area contributed by atoms with Crippen LogP contribution in [0.5, 0.6) is 0 Å². The van der Waals surface area contributed by atoms with Crippen LogP contribution in [0.25, 0.3) is 0 Å². The minimum atomic E-state index is -0.833. The van der Waals surface area contributed by atoms with E-state index in [-0.39, 0.29) is 24.6 Å². The van der Waals surface area contributed by atoms with E-state index in [0.717, 1.165) is 5.69 Å². The molecule has 122 valence electrons. The standard InChI is InChI=1S/C17H21N3O3/c1-19(2)14-8-6-13(7-9-14)17(23)18-11-15(21)12-20-10-4-3-5-16(20)22/h3-10,15,21H,11-12H2,1-2H3,(H,18,23). The zero-order valence-corrected chi connectivity index (χ0v) is 13.3. The third kappa shape index (κ3) is 4.69. The lowest BCUT2D eigenvalue weighted by Crippen LogP contribution is -2.36. The monoisotopic (exact) mass is 315 g/mol. The first-order valence-corrected chi connectivity index (χ1v) is 7.36. The smallest absolute Gasteiger partial charge is 0.251 e. The maximum Gasteiger partial charge on any atom is 0.251 e. The molecule has 1 aromatic carbocycles. The molecule has 0 aliphatic carbocycles. The summed E-state index contributed by atoms with van der Waals surface area (Å²) < 4.78 is 1.41. The van der Waals surface area contributed by atoms with Gasteiger partial charge < -0.3 is 19.9 Å². The van der Waals surface area contributed by atoms with Crippen LogP contribution in [0.2, 0.25) is 0 Å². The van der Waals surface area contributed by atoms with Gasteiger partial charge in [0.2, 0.25) is 0 Å². The van der Waals surface area contributed by atoms with Gasteiger partial charge in [0.05, 0.1) is 12.6 Å². The summed E-state index contributed by atoms with van der Waals surface area (Å²) in [5, 5.41) is 12.6. The number of nitrogens with one attached hydrogen (secondary N) is 1. The van der Waals surface area contributed by atoms with Gasteiger partial charge in [-0.25, -0.2) is 0 Å². The molecule has 0 saturated carbocycles. The highest BCUT2D eigenvalue weighted by molar-refractivity contribution is 5.94. The minimum Gasteiger partial charge on any atom is -0.389 e. The number of pyridine rings is 1. The number of nitrogens with zero attached hydrogens (tertiary/aromatic N) is 2. The van der Waals surface area contributed by atoms with Crippen molar-refractivity contribution in [1.29, 1.82) is 0 Å². The Balaban J connectivity index is 1.88. The number of rotatable bonds is 6. The molecule has 1 heterocycles. The highest BCUT2D eigenvalue weighted by Gasteiger charge is 2.10. The van der Waals surface area contributed by atoms with Crippen molar-refractivity contribution in [3.63, 3.8) is 0 Å². The van der Waals surface area contributed by atoms with E-state index in [9.17, 15) is 14.7 Å². The maximum atomic E-state index is 12.0. The quantitative estimate of drug-likeness (QED) is 0.823. The molecular weight excluding hydrogens is 294 g/mol. The molecule has 0 fully saturated rings. The predicted octanol–water partition coefficient (Wildman–Crippen LogP) is 0.705. The summed E-state index contributed by atoms with van der Waals surface area (Å²) in [4.78, 5) is 25.6. The average Bonchev–Trinajstić information content (AvgIpc) is 2.55. The Morgan fingerprint density at radius 1 is 1.22 bits per heavy atom. The summed E-state index contributed by atoms with van der Waals surface area (Å²) in [5.74, 6) is -0.255. The third-order valence-corrected chi connectivity index (χ3v) is 3.45. The molecule has 6 nitrogen and oxygen atoms in total. The van der Waals surface area contributed by atoms with Gasteiger partial charge in [-0.2, -0.15) is 0 Å². The molecule has 1 atom stereocenters. The van der Waals surface area contributed by atoms with Crippen molar-refractivity contribution in [1.82, 2.24) is 9.88 Å². The Hall–Kier alpha value is -2.60. The first-order chi connectivity index (χ1) is 11.0.